The van der Waals surface area contributed by atoms with E-state index in [1.54, 1.807) is 55.5 Å². The number of rotatable bonds is 5. The zero-order chi connectivity index (χ0) is 17.8. The number of carbonyl (C=O) groups is 3. The Bertz CT molecular complexity index is 806. The number of nitrogens with zero attached hydrogens (tertiary/aromatic N) is 1. The Morgan fingerprint density at radius 1 is 1.12 bits per heavy atom. The molecule has 128 valence electrons. The van der Waals surface area contributed by atoms with Crippen molar-refractivity contribution in [2.45, 2.75) is 23.5 Å². The number of hydrogen-bond donors (Lipinski definition) is 0. The van der Waals surface area contributed by atoms with Gasteiger partial charge in [0.1, 0.15) is 0 Å². The molecule has 1 heterocycles. The van der Waals surface area contributed by atoms with Crippen LogP contribution in [0.2, 0.25) is 0 Å². The van der Waals surface area contributed by atoms with Crippen molar-refractivity contribution in [3.63, 3.8) is 0 Å². The van der Waals surface area contributed by atoms with Crippen LogP contribution in [0.4, 0.5) is 5.69 Å². The van der Waals surface area contributed by atoms with Crippen molar-refractivity contribution < 1.29 is 19.1 Å². The first-order valence-electron chi connectivity index (χ1n) is 7.96. The van der Waals surface area contributed by atoms with Crippen molar-refractivity contribution in [3.05, 3.63) is 60.2 Å². The number of carbonyl (C=O) groups excluding carboxylic acids is 3. The number of esters is 1. The van der Waals surface area contributed by atoms with Gasteiger partial charge in [0.15, 0.2) is 0 Å². The first-order chi connectivity index (χ1) is 12.1. The quantitative estimate of drug-likeness (QED) is 0.608. The van der Waals surface area contributed by atoms with Gasteiger partial charge in [0, 0.05) is 11.3 Å². The molecule has 1 fully saturated rings. The monoisotopic (exact) mass is 355 g/mol. The van der Waals surface area contributed by atoms with E-state index in [0.29, 0.717) is 16.1 Å². The second-order valence-electron chi connectivity index (χ2n) is 5.43. The molecule has 1 atom stereocenters. The van der Waals surface area contributed by atoms with Gasteiger partial charge in [0.05, 0.1) is 23.1 Å². The van der Waals surface area contributed by atoms with Crippen LogP contribution in [0.5, 0.6) is 0 Å². The molecular weight excluding hydrogens is 338 g/mol. The van der Waals surface area contributed by atoms with Crippen molar-refractivity contribution in [2.75, 3.05) is 11.5 Å². The molecule has 0 radical (unpaired) electrons. The molecule has 1 saturated heterocycles. The number of imide groups is 1. The van der Waals surface area contributed by atoms with Gasteiger partial charge in [-0.25, -0.2) is 9.69 Å². The lowest BCUT2D eigenvalue weighted by atomic mass is 10.2. The topological polar surface area (TPSA) is 63.7 Å². The molecule has 0 bridgehead atoms. The highest BCUT2D eigenvalue weighted by Gasteiger charge is 2.40. The lowest BCUT2D eigenvalue weighted by molar-refractivity contribution is -0.121. The van der Waals surface area contributed by atoms with E-state index in [2.05, 4.69) is 0 Å². The first-order valence-corrected chi connectivity index (χ1v) is 8.84. The lowest BCUT2D eigenvalue weighted by Crippen LogP contribution is -2.31. The normalized spacial score (nSPS) is 17.0. The molecule has 5 nitrogen and oxygen atoms in total. The molecule has 6 heteroatoms. The van der Waals surface area contributed by atoms with Crippen molar-refractivity contribution in [1.29, 1.82) is 0 Å². The van der Waals surface area contributed by atoms with Crippen molar-refractivity contribution in [1.82, 2.24) is 0 Å². The van der Waals surface area contributed by atoms with Crippen molar-refractivity contribution in [3.8, 4) is 0 Å². The zero-order valence-electron chi connectivity index (χ0n) is 13.7. The molecule has 0 saturated carbocycles. The van der Waals surface area contributed by atoms with E-state index >= 15 is 0 Å². The van der Waals surface area contributed by atoms with Gasteiger partial charge >= 0.3 is 5.97 Å². The molecule has 3 rings (SSSR count). The van der Waals surface area contributed by atoms with Crippen LogP contribution in [0, 0.1) is 0 Å². The molecule has 1 aliphatic rings. The number of para-hydroxylation sites is 1. The number of amides is 2. The van der Waals surface area contributed by atoms with Crippen LogP contribution in [0.25, 0.3) is 0 Å². The fourth-order valence-corrected chi connectivity index (χ4v) is 3.82. The predicted octanol–water partition coefficient (Wildman–Crippen LogP) is 3.29. The highest BCUT2D eigenvalue weighted by molar-refractivity contribution is 8.00. The lowest BCUT2D eigenvalue weighted by Gasteiger charge is -2.15. The van der Waals surface area contributed by atoms with Gasteiger partial charge in [0.2, 0.25) is 11.8 Å². The summed E-state index contributed by atoms with van der Waals surface area (Å²) in [5.74, 6) is -0.926. The van der Waals surface area contributed by atoms with Crippen LogP contribution < -0.4 is 4.90 Å². The molecule has 25 heavy (non-hydrogen) atoms. The minimum absolute atomic E-state index is 0.107. The average molecular weight is 355 g/mol. The summed E-state index contributed by atoms with van der Waals surface area (Å²) in [7, 11) is 0. The average Bonchev–Trinajstić information content (AvgIpc) is 2.90. The van der Waals surface area contributed by atoms with Crippen LogP contribution in [0.15, 0.2) is 59.5 Å². The molecular formula is C19H17NO4S. The second-order valence-corrected chi connectivity index (χ2v) is 6.67. The standard InChI is InChI=1S/C19H17NO4S/c1-2-24-19(23)14-10-6-7-11-15(14)25-16-12-17(21)20(18(16)22)13-8-4-3-5-9-13/h3-11,16H,2,12H2,1H3. The molecule has 0 aromatic heterocycles. The number of benzene rings is 2. The number of thioether (sulfide) groups is 1. The Kier molecular flexibility index (Phi) is 5.19. The summed E-state index contributed by atoms with van der Waals surface area (Å²) in [5, 5.41) is -0.553. The summed E-state index contributed by atoms with van der Waals surface area (Å²) < 4.78 is 5.06. The summed E-state index contributed by atoms with van der Waals surface area (Å²) in [6.07, 6.45) is 0.107. The van der Waals surface area contributed by atoms with E-state index in [1.165, 1.54) is 16.7 Å². The summed E-state index contributed by atoms with van der Waals surface area (Å²) in [6, 6.07) is 15.8. The Labute approximate surface area is 150 Å². The van der Waals surface area contributed by atoms with Gasteiger partial charge in [0.25, 0.3) is 0 Å². The van der Waals surface area contributed by atoms with Gasteiger partial charge in [-0.1, -0.05) is 30.3 Å². The third kappa shape index (κ3) is 3.58. The third-order valence-corrected chi connectivity index (χ3v) is 5.03. The van der Waals surface area contributed by atoms with Gasteiger partial charge in [-0.05, 0) is 31.2 Å². The fourth-order valence-electron chi connectivity index (χ4n) is 2.64. The maximum atomic E-state index is 12.7. The van der Waals surface area contributed by atoms with Crippen LogP contribution in [0.3, 0.4) is 0 Å². The van der Waals surface area contributed by atoms with Gasteiger partial charge < -0.3 is 4.74 Å². The summed E-state index contributed by atoms with van der Waals surface area (Å²) in [4.78, 5) is 38.9. The van der Waals surface area contributed by atoms with Gasteiger partial charge in [-0.3, -0.25) is 9.59 Å². The van der Waals surface area contributed by atoms with Crippen LogP contribution in [-0.2, 0) is 14.3 Å². The largest absolute Gasteiger partial charge is 0.462 e. The molecule has 2 amide bonds. The van der Waals surface area contributed by atoms with Crippen LogP contribution >= 0.6 is 11.8 Å². The molecule has 1 unspecified atom stereocenters. The van der Waals surface area contributed by atoms with Crippen molar-refractivity contribution >= 4 is 35.2 Å². The zero-order valence-corrected chi connectivity index (χ0v) is 14.5. The van der Waals surface area contributed by atoms with Gasteiger partial charge in [-0.15, -0.1) is 11.8 Å². The van der Waals surface area contributed by atoms with Crippen LogP contribution in [0.1, 0.15) is 23.7 Å². The summed E-state index contributed by atoms with van der Waals surface area (Å²) in [5.41, 5.74) is 0.979. The van der Waals surface area contributed by atoms with E-state index in [9.17, 15) is 14.4 Å². The molecule has 2 aromatic rings. The summed E-state index contributed by atoms with van der Waals surface area (Å²) in [6.45, 7) is 2.02. The minimum atomic E-state index is -0.553. The van der Waals surface area contributed by atoms with Crippen LogP contribution in [-0.4, -0.2) is 29.6 Å². The first kappa shape index (κ1) is 17.2. The van der Waals surface area contributed by atoms with E-state index in [-0.39, 0.29) is 24.8 Å². The SMILES string of the molecule is CCOC(=O)c1ccccc1SC1CC(=O)N(c2ccccc2)C1=O. The Morgan fingerprint density at radius 3 is 2.52 bits per heavy atom. The van der Waals surface area contributed by atoms with Gasteiger partial charge in [-0.2, -0.15) is 0 Å². The highest BCUT2D eigenvalue weighted by Crippen LogP contribution is 2.35. The van der Waals surface area contributed by atoms with E-state index in [4.69, 9.17) is 4.74 Å². The number of hydrogen-bond acceptors (Lipinski definition) is 5. The minimum Gasteiger partial charge on any atom is -0.462 e. The van der Waals surface area contributed by atoms with Crippen molar-refractivity contribution in [2.24, 2.45) is 0 Å². The highest BCUT2D eigenvalue weighted by atomic mass is 32.2. The molecule has 2 aromatic carbocycles. The Hall–Kier alpha value is -2.60. The maximum absolute atomic E-state index is 12.7. The Balaban J connectivity index is 1.82. The molecule has 0 aliphatic carbocycles. The van der Waals surface area contributed by atoms with E-state index in [1.807, 2.05) is 6.07 Å². The second kappa shape index (κ2) is 7.53. The van der Waals surface area contributed by atoms with E-state index in [0.717, 1.165) is 0 Å². The molecule has 1 aliphatic heterocycles. The number of anilines is 1. The van der Waals surface area contributed by atoms with E-state index < -0.39 is 11.2 Å². The fraction of sp³-hybridized carbons (Fsp3) is 0.211. The molecule has 0 N–H and O–H groups in total. The molecule has 0 spiro atoms. The Morgan fingerprint density at radius 2 is 1.80 bits per heavy atom. The predicted molar refractivity (Wildman–Crippen MR) is 95.6 cm³/mol. The maximum Gasteiger partial charge on any atom is 0.339 e. The third-order valence-electron chi connectivity index (χ3n) is 3.77. The smallest absolute Gasteiger partial charge is 0.339 e. The number of ether oxygens (including phenoxy) is 1. The summed E-state index contributed by atoms with van der Waals surface area (Å²) >= 11 is 1.23.